The second-order valence-electron chi connectivity index (χ2n) is 5.95. The molecule has 0 saturated heterocycles. The molecule has 0 unspecified atom stereocenters. The van der Waals surface area contributed by atoms with E-state index in [0.717, 1.165) is 17.0 Å². The van der Waals surface area contributed by atoms with Crippen molar-refractivity contribution in [3.05, 3.63) is 59.9 Å². The third-order valence-corrected chi connectivity index (χ3v) is 5.17. The van der Waals surface area contributed by atoms with Crippen LogP contribution < -0.4 is 5.32 Å². The first-order valence-corrected chi connectivity index (χ1v) is 8.64. The maximum Gasteiger partial charge on any atom is 0.229 e. The standard InChI is InChI=1S/C18H16N4OS/c1-11-5-2-3-7-13(11)14-9-15(14)16(23)20-18-22-21-17(24-18)12-6-4-8-19-10-12/h2-8,10,14-15H,9H2,1H3,(H,20,22,23)/t14-,15+/m0/s1. The molecule has 0 aliphatic heterocycles. The van der Waals surface area contributed by atoms with Gasteiger partial charge in [-0.3, -0.25) is 9.78 Å². The monoisotopic (exact) mass is 336 g/mol. The van der Waals surface area contributed by atoms with Crippen LogP contribution in [0, 0.1) is 12.8 Å². The number of rotatable bonds is 4. The van der Waals surface area contributed by atoms with Crippen molar-refractivity contribution in [2.75, 3.05) is 5.32 Å². The molecule has 2 atom stereocenters. The first-order valence-electron chi connectivity index (χ1n) is 7.82. The minimum absolute atomic E-state index is 0.0249. The number of amides is 1. The number of aromatic nitrogens is 3. The predicted molar refractivity (Wildman–Crippen MR) is 93.8 cm³/mol. The van der Waals surface area contributed by atoms with Gasteiger partial charge in [-0.15, -0.1) is 10.2 Å². The summed E-state index contributed by atoms with van der Waals surface area (Å²) in [5.74, 6) is 0.367. The highest BCUT2D eigenvalue weighted by atomic mass is 32.1. The summed E-state index contributed by atoms with van der Waals surface area (Å²) < 4.78 is 0. The summed E-state index contributed by atoms with van der Waals surface area (Å²) in [6.07, 6.45) is 4.35. The summed E-state index contributed by atoms with van der Waals surface area (Å²) >= 11 is 1.37. The summed E-state index contributed by atoms with van der Waals surface area (Å²) in [6.45, 7) is 2.09. The molecule has 0 bridgehead atoms. The number of nitrogens with one attached hydrogen (secondary N) is 1. The van der Waals surface area contributed by atoms with Gasteiger partial charge in [-0.1, -0.05) is 35.6 Å². The van der Waals surface area contributed by atoms with E-state index < -0.39 is 0 Å². The normalized spacial score (nSPS) is 19.0. The third-order valence-electron chi connectivity index (χ3n) is 4.28. The van der Waals surface area contributed by atoms with Crippen molar-refractivity contribution >= 4 is 22.4 Å². The second kappa shape index (κ2) is 6.13. The number of benzene rings is 1. The van der Waals surface area contributed by atoms with Crippen molar-refractivity contribution in [1.82, 2.24) is 15.2 Å². The van der Waals surface area contributed by atoms with Crippen molar-refractivity contribution < 1.29 is 4.79 Å². The summed E-state index contributed by atoms with van der Waals surface area (Å²) in [6, 6.07) is 12.0. The summed E-state index contributed by atoms with van der Waals surface area (Å²) in [4.78, 5) is 16.5. The molecule has 1 aliphatic rings. The van der Waals surface area contributed by atoms with Crippen LogP contribution in [0.25, 0.3) is 10.6 Å². The molecule has 2 heterocycles. The highest BCUT2D eigenvalue weighted by molar-refractivity contribution is 7.18. The number of nitrogens with zero attached hydrogens (tertiary/aromatic N) is 3. The smallest absolute Gasteiger partial charge is 0.229 e. The Morgan fingerprint density at radius 2 is 2.08 bits per heavy atom. The first-order chi connectivity index (χ1) is 11.7. The Hall–Kier alpha value is -2.60. The molecular weight excluding hydrogens is 320 g/mol. The zero-order chi connectivity index (χ0) is 16.5. The molecule has 1 fully saturated rings. The minimum Gasteiger partial charge on any atom is -0.300 e. The van der Waals surface area contributed by atoms with Crippen molar-refractivity contribution in [3.8, 4) is 10.6 Å². The first kappa shape index (κ1) is 15.0. The molecular formula is C18H16N4OS. The number of anilines is 1. The van der Waals surface area contributed by atoms with E-state index in [9.17, 15) is 4.79 Å². The Morgan fingerprint density at radius 1 is 1.21 bits per heavy atom. The average molecular weight is 336 g/mol. The van der Waals surface area contributed by atoms with Gasteiger partial charge in [-0.05, 0) is 42.5 Å². The van der Waals surface area contributed by atoms with Crippen LogP contribution >= 0.6 is 11.3 Å². The van der Waals surface area contributed by atoms with Crippen LogP contribution in [0.1, 0.15) is 23.5 Å². The van der Waals surface area contributed by atoms with E-state index in [4.69, 9.17) is 0 Å². The lowest BCUT2D eigenvalue weighted by Gasteiger charge is -2.04. The van der Waals surface area contributed by atoms with Crippen LogP contribution in [0.3, 0.4) is 0 Å². The van der Waals surface area contributed by atoms with Gasteiger partial charge in [0.15, 0.2) is 5.01 Å². The molecule has 6 heteroatoms. The molecule has 4 rings (SSSR count). The highest BCUT2D eigenvalue weighted by Crippen LogP contribution is 2.49. The van der Waals surface area contributed by atoms with Gasteiger partial charge in [-0.25, -0.2) is 0 Å². The molecule has 120 valence electrons. The van der Waals surface area contributed by atoms with Gasteiger partial charge in [0.25, 0.3) is 0 Å². The van der Waals surface area contributed by atoms with Crippen molar-refractivity contribution in [2.24, 2.45) is 5.92 Å². The predicted octanol–water partition coefficient (Wildman–Crippen LogP) is 3.65. The molecule has 3 aromatic rings. The lowest BCUT2D eigenvalue weighted by molar-refractivity contribution is -0.117. The van der Waals surface area contributed by atoms with Crippen LogP contribution in [0.4, 0.5) is 5.13 Å². The SMILES string of the molecule is Cc1ccccc1[C@@H]1C[C@H]1C(=O)Nc1nnc(-c2cccnc2)s1. The Morgan fingerprint density at radius 3 is 2.88 bits per heavy atom. The van der Waals surface area contributed by atoms with E-state index in [1.165, 1.54) is 22.5 Å². The van der Waals surface area contributed by atoms with Gasteiger partial charge < -0.3 is 5.32 Å². The second-order valence-corrected chi connectivity index (χ2v) is 6.93. The molecule has 1 saturated carbocycles. The van der Waals surface area contributed by atoms with Crippen molar-refractivity contribution in [2.45, 2.75) is 19.3 Å². The Bertz CT molecular complexity index is 877. The number of carbonyl (C=O) groups is 1. The topological polar surface area (TPSA) is 67.8 Å². The van der Waals surface area contributed by atoms with Gasteiger partial charge in [0.1, 0.15) is 0 Å². The minimum atomic E-state index is 0.0249. The zero-order valence-electron chi connectivity index (χ0n) is 13.1. The average Bonchev–Trinajstić information content (AvgIpc) is 3.27. The summed E-state index contributed by atoms with van der Waals surface area (Å²) in [5, 5.41) is 12.4. The van der Waals surface area contributed by atoms with Gasteiger partial charge in [0, 0.05) is 23.9 Å². The molecule has 0 radical (unpaired) electrons. The van der Waals surface area contributed by atoms with Gasteiger partial charge in [0.05, 0.1) is 0 Å². The quantitative estimate of drug-likeness (QED) is 0.789. The van der Waals surface area contributed by atoms with Crippen LogP contribution in [-0.4, -0.2) is 21.1 Å². The molecule has 1 aromatic carbocycles. The maximum atomic E-state index is 12.4. The van der Waals surface area contributed by atoms with Gasteiger partial charge in [0.2, 0.25) is 11.0 Å². The number of carbonyl (C=O) groups excluding carboxylic acids is 1. The Labute approximate surface area is 143 Å². The van der Waals surface area contributed by atoms with Crippen molar-refractivity contribution in [1.29, 1.82) is 0 Å². The van der Waals surface area contributed by atoms with Crippen LogP contribution in [-0.2, 0) is 4.79 Å². The lowest BCUT2D eigenvalue weighted by atomic mass is 10.0. The maximum absolute atomic E-state index is 12.4. The van der Waals surface area contributed by atoms with Gasteiger partial charge >= 0.3 is 0 Å². The van der Waals surface area contributed by atoms with Crippen LogP contribution in [0.2, 0.25) is 0 Å². The van der Waals surface area contributed by atoms with Crippen LogP contribution in [0.15, 0.2) is 48.8 Å². The number of hydrogen-bond donors (Lipinski definition) is 1. The fraction of sp³-hybridized carbons (Fsp3) is 0.222. The van der Waals surface area contributed by atoms with E-state index in [2.05, 4.69) is 39.6 Å². The third kappa shape index (κ3) is 2.92. The molecule has 5 nitrogen and oxygen atoms in total. The van der Waals surface area contributed by atoms with E-state index in [0.29, 0.717) is 11.0 Å². The molecule has 1 aliphatic carbocycles. The Balaban J connectivity index is 1.43. The summed E-state index contributed by atoms with van der Waals surface area (Å²) in [5.41, 5.74) is 3.42. The fourth-order valence-corrected chi connectivity index (χ4v) is 3.65. The van der Waals surface area contributed by atoms with E-state index >= 15 is 0 Å². The lowest BCUT2D eigenvalue weighted by Crippen LogP contribution is -2.14. The number of hydrogen-bond acceptors (Lipinski definition) is 5. The Kier molecular flexibility index (Phi) is 3.82. The van der Waals surface area contributed by atoms with E-state index in [1.54, 1.807) is 12.4 Å². The number of aryl methyl sites for hydroxylation is 1. The molecule has 2 aromatic heterocycles. The van der Waals surface area contributed by atoms with Crippen LogP contribution in [0.5, 0.6) is 0 Å². The highest BCUT2D eigenvalue weighted by Gasteiger charge is 2.44. The van der Waals surface area contributed by atoms with E-state index in [1.807, 2.05) is 24.3 Å². The summed E-state index contributed by atoms with van der Waals surface area (Å²) in [7, 11) is 0. The molecule has 1 N–H and O–H groups in total. The fourth-order valence-electron chi connectivity index (χ4n) is 2.91. The molecule has 0 spiro atoms. The largest absolute Gasteiger partial charge is 0.300 e. The number of pyridine rings is 1. The van der Waals surface area contributed by atoms with E-state index in [-0.39, 0.29) is 11.8 Å². The molecule has 1 amide bonds. The zero-order valence-corrected chi connectivity index (χ0v) is 14.0. The molecule has 24 heavy (non-hydrogen) atoms. The van der Waals surface area contributed by atoms with Crippen molar-refractivity contribution in [3.63, 3.8) is 0 Å². The van der Waals surface area contributed by atoms with Gasteiger partial charge in [-0.2, -0.15) is 0 Å².